The third-order valence-electron chi connectivity index (χ3n) is 6.51. The van der Waals surface area contributed by atoms with E-state index in [2.05, 4.69) is 18.7 Å². The summed E-state index contributed by atoms with van der Waals surface area (Å²) in [5.41, 5.74) is 8.51. The fourth-order valence-electron chi connectivity index (χ4n) is 4.18. The minimum Gasteiger partial charge on any atom is -0.497 e. The molecule has 1 saturated heterocycles. The monoisotopic (exact) mass is 488 g/mol. The zero-order valence-electron chi connectivity index (χ0n) is 20.8. The van der Waals surface area contributed by atoms with Crippen molar-refractivity contribution < 1.29 is 19.0 Å². The van der Waals surface area contributed by atoms with Crippen molar-refractivity contribution in [1.29, 1.82) is 0 Å². The predicted octanol–water partition coefficient (Wildman–Crippen LogP) is 5.53. The van der Waals surface area contributed by atoms with Crippen LogP contribution in [0.5, 0.6) is 17.2 Å². The zero-order chi connectivity index (χ0) is 24.7. The number of nitrogen functional groups attached to an aromatic ring is 1. The number of benzene rings is 2. The van der Waals surface area contributed by atoms with Gasteiger partial charge in [-0.25, -0.2) is 0 Å². The van der Waals surface area contributed by atoms with E-state index in [9.17, 15) is 4.79 Å². The first-order valence-electron chi connectivity index (χ1n) is 11.9. The topological polar surface area (TPSA) is 74.0 Å². The number of piperidine rings is 1. The number of ketones is 1. The van der Waals surface area contributed by atoms with E-state index in [0.717, 1.165) is 37.2 Å². The van der Waals surface area contributed by atoms with Crippen molar-refractivity contribution in [3.05, 3.63) is 46.5 Å². The van der Waals surface area contributed by atoms with Crippen LogP contribution in [-0.2, 0) is 17.8 Å². The maximum Gasteiger partial charge on any atom is 0.137 e. The zero-order valence-corrected chi connectivity index (χ0v) is 21.5. The van der Waals surface area contributed by atoms with E-state index in [0.29, 0.717) is 39.8 Å². The average molecular weight is 489 g/mol. The molecule has 2 aromatic carbocycles. The molecule has 1 aliphatic heterocycles. The van der Waals surface area contributed by atoms with Crippen LogP contribution < -0.4 is 19.9 Å². The third kappa shape index (κ3) is 7.54. The molecule has 0 aromatic heterocycles. The van der Waals surface area contributed by atoms with Crippen LogP contribution in [0.2, 0.25) is 5.02 Å². The Kier molecular flexibility index (Phi) is 9.09. The number of hydrogen-bond acceptors (Lipinski definition) is 6. The molecular weight excluding hydrogens is 452 g/mol. The van der Waals surface area contributed by atoms with E-state index in [1.807, 2.05) is 12.1 Å². The van der Waals surface area contributed by atoms with Gasteiger partial charge in [0.1, 0.15) is 29.6 Å². The maximum atomic E-state index is 12.8. The van der Waals surface area contributed by atoms with Crippen molar-refractivity contribution in [1.82, 2.24) is 4.90 Å². The fourth-order valence-corrected chi connectivity index (χ4v) is 4.36. The Morgan fingerprint density at radius 3 is 2.32 bits per heavy atom. The number of ether oxygens (including phenoxy) is 3. The molecule has 186 valence electrons. The molecule has 1 heterocycles. The van der Waals surface area contributed by atoms with Crippen molar-refractivity contribution in [3.8, 4) is 17.2 Å². The molecule has 0 unspecified atom stereocenters. The highest BCUT2D eigenvalue weighted by Gasteiger charge is 2.25. The Bertz CT molecular complexity index is 961. The van der Waals surface area contributed by atoms with Crippen molar-refractivity contribution in [2.45, 2.75) is 52.6 Å². The van der Waals surface area contributed by atoms with E-state index in [1.165, 1.54) is 12.8 Å². The number of hydrogen-bond donors (Lipinski definition) is 1. The molecule has 0 spiro atoms. The summed E-state index contributed by atoms with van der Waals surface area (Å²) in [6.07, 6.45) is 4.09. The molecule has 1 aliphatic rings. The van der Waals surface area contributed by atoms with Crippen LogP contribution >= 0.6 is 11.6 Å². The molecule has 34 heavy (non-hydrogen) atoms. The first-order chi connectivity index (χ1) is 16.2. The molecule has 0 bridgehead atoms. The number of nitrogens with two attached hydrogens (primary N) is 1. The van der Waals surface area contributed by atoms with Crippen LogP contribution in [0.3, 0.4) is 0 Å². The Hall–Kier alpha value is -2.44. The van der Waals surface area contributed by atoms with Crippen LogP contribution in [0.4, 0.5) is 5.69 Å². The summed E-state index contributed by atoms with van der Waals surface area (Å²) in [4.78, 5) is 15.2. The quantitative estimate of drug-likeness (QED) is 0.419. The number of halogens is 1. The Labute approximate surface area is 208 Å². The van der Waals surface area contributed by atoms with Gasteiger partial charge < -0.3 is 24.8 Å². The molecule has 2 aromatic rings. The Balaban J connectivity index is 1.59. The van der Waals surface area contributed by atoms with E-state index in [-0.39, 0.29) is 18.8 Å². The van der Waals surface area contributed by atoms with Gasteiger partial charge in [-0.15, -0.1) is 0 Å². The molecule has 1 fully saturated rings. The van der Waals surface area contributed by atoms with Gasteiger partial charge >= 0.3 is 0 Å². The number of carbonyl (C=O) groups is 1. The van der Waals surface area contributed by atoms with Gasteiger partial charge in [-0.3, -0.25) is 4.79 Å². The maximum absolute atomic E-state index is 12.8. The molecule has 0 saturated carbocycles. The van der Waals surface area contributed by atoms with Gasteiger partial charge in [-0.2, -0.15) is 0 Å². The van der Waals surface area contributed by atoms with Crippen LogP contribution in [0.25, 0.3) is 0 Å². The van der Waals surface area contributed by atoms with Crippen LogP contribution in [-0.4, -0.2) is 44.5 Å². The van der Waals surface area contributed by atoms with Gasteiger partial charge in [0.05, 0.1) is 24.9 Å². The highest BCUT2D eigenvalue weighted by molar-refractivity contribution is 6.33. The molecule has 7 heteroatoms. The molecule has 0 radical (unpaired) electrons. The van der Waals surface area contributed by atoms with Crippen LogP contribution in [0, 0.1) is 5.41 Å². The summed E-state index contributed by atoms with van der Waals surface area (Å²) in [7, 11) is 3.21. The first kappa shape index (κ1) is 26.2. The minimum absolute atomic E-state index is 0.172. The third-order valence-corrected chi connectivity index (χ3v) is 6.84. The van der Waals surface area contributed by atoms with E-state index in [4.69, 9.17) is 31.5 Å². The van der Waals surface area contributed by atoms with Gasteiger partial charge in [0.25, 0.3) is 0 Å². The largest absolute Gasteiger partial charge is 0.497 e. The average Bonchev–Trinajstić information content (AvgIpc) is 2.81. The SMILES string of the molecule is COc1cc(COc2cc(N)c(Cl)cc2CC(=O)CCCN2CCC(C)(C)CC2)cc(OC)c1. The van der Waals surface area contributed by atoms with E-state index >= 15 is 0 Å². The summed E-state index contributed by atoms with van der Waals surface area (Å²) >= 11 is 6.26. The molecule has 2 N–H and O–H groups in total. The summed E-state index contributed by atoms with van der Waals surface area (Å²) in [5, 5.41) is 0.425. The fraction of sp³-hybridized carbons (Fsp3) is 0.519. The number of nitrogens with zero attached hydrogens (tertiary/aromatic N) is 1. The Morgan fingerprint density at radius 2 is 1.71 bits per heavy atom. The van der Waals surface area contributed by atoms with E-state index < -0.39 is 0 Å². The lowest BCUT2D eigenvalue weighted by molar-refractivity contribution is -0.118. The van der Waals surface area contributed by atoms with Gasteiger partial charge in [-0.1, -0.05) is 25.4 Å². The lowest BCUT2D eigenvalue weighted by atomic mass is 9.82. The second-order valence-corrected chi connectivity index (χ2v) is 10.2. The molecule has 0 aliphatic carbocycles. The highest BCUT2D eigenvalue weighted by Crippen LogP contribution is 2.32. The number of rotatable bonds is 11. The summed E-state index contributed by atoms with van der Waals surface area (Å²) < 4.78 is 16.7. The molecule has 3 rings (SSSR count). The number of methoxy groups -OCH3 is 2. The highest BCUT2D eigenvalue weighted by atomic mass is 35.5. The van der Waals surface area contributed by atoms with Crippen LogP contribution in [0.15, 0.2) is 30.3 Å². The number of Topliss-reactive ketones (excluding diaryl/α,β-unsaturated/α-hetero) is 1. The van der Waals surface area contributed by atoms with Crippen molar-refractivity contribution >= 4 is 23.1 Å². The second kappa shape index (κ2) is 11.8. The standard InChI is InChI=1S/C27H37ClN2O4/c1-27(2)7-10-30(11-8-27)9-5-6-21(31)14-20-15-24(28)25(29)17-26(20)34-18-19-12-22(32-3)16-23(13-19)33-4/h12-13,15-17H,5-11,14,18,29H2,1-4H3. The molecule has 0 amide bonds. The van der Waals surface area contributed by atoms with Gasteiger partial charge in [0.2, 0.25) is 0 Å². The lowest BCUT2D eigenvalue weighted by Crippen LogP contribution is -2.37. The lowest BCUT2D eigenvalue weighted by Gasteiger charge is -2.36. The number of likely N-dealkylation sites (tertiary alicyclic amines) is 1. The predicted molar refractivity (Wildman–Crippen MR) is 137 cm³/mol. The summed E-state index contributed by atoms with van der Waals surface area (Å²) in [6, 6.07) is 9.00. The summed E-state index contributed by atoms with van der Waals surface area (Å²) in [5.74, 6) is 2.10. The Morgan fingerprint density at radius 1 is 1.06 bits per heavy atom. The second-order valence-electron chi connectivity index (χ2n) is 9.82. The van der Waals surface area contributed by atoms with Gasteiger partial charge in [-0.05, 0) is 68.1 Å². The molecular formula is C27H37ClN2O4. The molecule has 6 nitrogen and oxygen atoms in total. The number of carbonyl (C=O) groups excluding carboxylic acids is 1. The van der Waals surface area contributed by atoms with Gasteiger partial charge in [0.15, 0.2) is 0 Å². The first-order valence-corrected chi connectivity index (χ1v) is 12.2. The van der Waals surface area contributed by atoms with Crippen molar-refractivity contribution in [2.24, 2.45) is 5.41 Å². The van der Waals surface area contributed by atoms with E-state index in [1.54, 1.807) is 32.4 Å². The van der Waals surface area contributed by atoms with Gasteiger partial charge in [0, 0.05) is 30.5 Å². The normalized spacial score (nSPS) is 15.7. The van der Waals surface area contributed by atoms with Crippen molar-refractivity contribution in [3.63, 3.8) is 0 Å². The summed E-state index contributed by atoms with van der Waals surface area (Å²) in [6.45, 7) is 8.13. The smallest absolute Gasteiger partial charge is 0.137 e. The van der Waals surface area contributed by atoms with Crippen molar-refractivity contribution in [2.75, 3.05) is 39.6 Å². The minimum atomic E-state index is 0.172. The molecule has 0 atom stereocenters. The number of anilines is 1. The van der Waals surface area contributed by atoms with Crippen LogP contribution in [0.1, 0.15) is 50.7 Å².